The van der Waals surface area contributed by atoms with Crippen LogP contribution in [0.1, 0.15) is 531 Å². The first-order valence-corrected chi connectivity index (χ1v) is 61.2. The number of aryl methyl sites for hydroxylation is 1. The molecule has 0 radical (unpaired) electrons. The van der Waals surface area contributed by atoms with Crippen molar-refractivity contribution in [3.63, 3.8) is 0 Å². The molecule has 2 heterocycles. The summed E-state index contributed by atoms with van der Waals surface area (Å²) in [5.41, 5.74) is 4.36. The third-order valence-corrected chi connectivity index (χ3v) is 32.2. The number of quaternary nitrogens is 4. The maximum Gasteiger partial charge on any atom is 1.00 e. The standard InChI is InChI=1S/C26H43NO4.C24H52N.C21H38N.C19H42N.C18H35NO.C10H16N.C6H16N.C2H3P.3BrH.2ClH.Na/c1-16(4-9-23(29)27-15-24(30)31)20-7-8-21-19-6-5-17-14-18(28)10-12-25(17,2)22(19)11-13-26(20,21)3;1-5-9-13-17-21-25(22-18-14-10-6-2,23-19-15-11-7-3)24-20-16-12-8-4;1-2-3-4-5-6-7-8-9-10-11-12-13-14-16-19-22-20-17-15-18-21-22;1-5-6-7-8-9-10-11-12-13-14-15-16-17-18-19-20(2,3)4;1-2-3-4-5-6-7-8-9-10-13-16-19-17-14-11-12-15-18(19)20;1-11(2,3)9-10-7-5-4-6-8-10;1-5-6-7(2,3)4;1-2-3;;;;;;/h16-22,28H,4-15H2,1-3H3,(H,27,29)(H,30,31);5-24H2,1-4H3;15,17-18,20-21H,2-14,16,19H2,1H3;5-19H2,1-4H3;2-17H2,1H3;4-8H,9H2,1-3H3;5-6H2,1-4H3;1H,3H2;5*1H;/q;3*+1;;2*+1;;;;;;;+1/p-6/t16-,17-,18-,19+,20-,21+,22+,25+,26-;;;;;;;;;;;;;/m1............./s1. The van der Waals surface area contributed by atoms with Gasteiger partial charge in [-0.2, -0.15) is 0 Å². The molecule has 4 aliphatic carbocycles. The summed E-state index contributed by atoms with van der Waals surface area (Å²) < 4.78 is 6.96. The number of unbranched alkanes of at least 4 members (excludes halogenated alkanes) is 47. The minimum Gasteiger partial charge on any atom is -1.00 e. The number of aliphatic hydroxyl groups is 1. The molecule has 5 fully saturated rings. The minimum atomic E-state index is -1.24. The van der Waals surface area contributed by atoms with E-state index in [1.165, 1.54) is 467 Å². The Morgan fingerprint density at radius 1 is 0.462 bits per heavy atom. The van der Waals surface area contributed by atoms with Crippen LogP contribution in [-0.2, 0) is 27.5 Å². The average molecular weight is 2300 g/mol. The molecule has 145 heavy (non-hydrogen) atoms. The summed E-state index contributed by atoms with van der Waals surface area (Å²) in [5.74, 6) is 3.29. The molecule has 1 aromatic carbocycles. The first-order chi connectivity index (χ1) is 66.8. The molecule has 1 aliphatic heterocycles. The van der Waals surface area contributed by atoms with Gasteiger partial charge in [0.1, 0.15) is 13.1 Å². The molecule has 0 spiro atoms. The number of rotatable bonds is 71. The number of hydrogen-bond donors (Lipinski definition) is 2. The van der Waals surface area contributed by atoms with E-state index in [0.717, 1.165) is 82.9 Å². The molecule has 12 nitrogen and oxygen atoms in total. The number of carboxylic acids is 1. The Kier molecular flexibility index (Phi) is 113. The summed E-state index contributed by atoms with van der Waals surface area (Å²) >= 11 is 0. The topological polar surface area (TPSA) is 114 Å². The van der Waals surface area contributed by atoms with Crippen LogP contribution in [0.2, 0.25) is 0 Å². The van der Waals surface area contributed by atoms with Crippen molar-refractivity contribution >= 4 is 27.0 Å². The van der Waals surface area contributed by atoms with Crippen LogP contribution in [0.25, 0.3) is 0 Å². The largest absolute Gasteiger partial charge is 1.00 e. The number of halogens is 5. The number of aliphatic hydroxyl groups excluding tert-OH is 1. The van der Waals surface area contributed by atoms with Crippen LogP contribution < -0.4 is 120 Å². The van der Waals surface area contributed by atoms with Crippen LogP contribution in [0.5, 0.6) is 0 Å². The zero-order valence-electron chi connectivity index (χ0n) is 99.9. The summed E-state index contributed by atoms with van der Waals surface area (Å²) in [7, 11) is 22.2. The number of carbonyl (C=O) groups is 3. The van der Waals surface area contributed by atoms with Crippen LogP contribution in [0.3, 0.4) is 0 Å². The Hall–Kier alpha value is -0.410. The maximum absolute atomic E-state index is 12.0. The van der Waals surface area contributed by atoms with E-state index in [9.17, 15) is 24.6 Å². The number of carbonyl (C=O) groups excluding carboxylic acids is 3. The minimum absolute atomic E-state index is 0. The number of terminal acetylenes is 1. The van der Waals surface area contributed by atoms with Crippen LogP contribution in [0, 0.1) is 58.4 Å². The second-order valence-electron chi connectivity index (χ2n) is 48.3. The third kappa shape index (κ3) is 87.3. The van der Waals surface area contributed by atoms with Crippen molar-refractivity contribution in [1.82, 2.24) is 10.2 Å². The van der Waals surface area contributed by atoms with Crippen LogP contribution >= 0.6 is 9.24 Å². The third-order valence-electron chi connectivity index (χ3n) is 32.2. The number of carboxylic acid groups (broad SMARTS) is 1. The number of pyridine rings is 1. The van der Waals surface area contributed by atoms with Gasteiger partial charge in [-0.05, 0) is 207 Å². The first-order valence-electron chi connectivity index (χ1n) is 60.6. The van der Waals surface area contributed by atoms with Gasteiger partial charge in [0.05, 0.1) is 121 Å². The van der Waals surface area contributed by atoms with Gasteiger partial charge in [-0.3, -0.25) is 9.59 Å². The number of fused-ring (bicyclic) bond motifs is 5. The van der Waals surface area contributed by atoms with Gasteiger partial charge in [-0.15, -0.1) is 6.42 Å². The molecule has 2 aromatic rings. The molecular formula is C126H244Br3Cl2N7NaO5P. The number of aliphatic carboxylic acids is 1. The number of amides is 2. The van der Waals surface area contributed by atoms with Crippen molar-refractivity contribution in [2.45, 2.75) is 545 Å². The van der Waals surface area contributed by atoms with Gasteiger partial charge in [0.15, 0.2) is 12.4 Å². The average Bonchev–Trinajstić information content (AvgIpc) is 1.62. The van der Waals surface area contributed by atoms with Crippen molar-refractivity contribution in [3.05, 3.63) is 66.5 Å². The van der Waals surface area contributed by atoms with E-state index >= 15 is 0 Å². The van der Waals surface area contributed by atoms with Crippen LogP contribution in [0.4, 0.5) is 0 Å². The van der Waals surface area contributed by atoms with E-state index in [1.807, 2.05) is 0 Å². The van der Waals surface area contributed by atoms with E-state index in [0.29, 0.717) is 40.9 Å². The molecule has 10 atom stereocenters. The van der Waals surface area contributed by atoms with Gasteiger partial charge in [0.25, 0.3) is 0 Å². The molecule has 0 bridgehead atoms. The Morgan fingerprint density at radius 3 is 1.20 bits per heavy atom. The smallest absolute Gasteiger partial charge is 1.00 e. The summed E-state index contributed by atoms with van der Waals surface area (Å²) in [4.78, 5) is 36.5. The summed E-state index contributed by atoms with van der Waals surface area (Å²) in [6.45, 7) is 38.2. The second kappa shape index (κ2) is 104. The predicted molar refractivity (Wildman–Crippen MR) is 611 cm³/mol. The predicted octanol–water partition coefficient (Wildman–Crippen LogP) is 14.8. The molecule has 1 unspecified atom stereocenters. The molecule has 2 amide bonds. The van der Waals surface area contributed by atoms with Gasteiger partial charge < -0.3 is 119 Å². The monoisotopic (exact) mass is 2300 g/mol. The Balaban J connectivity index is -0.000000312. The number of hydrogen-bond acceptors (Lipinski definition) is 5. The van der Waals surface area contributed by atoms with Crippen molar-refractivity contribution in [2.24, 2.45) is 46.3 Å². The fourth-order valence-electron chi connectivity index (χ4n) is 23.9. The molecule has 4 saturated carbocycles. The van der Waals surface area contributed by atoms with E-state index < -0.39 is 12.5 Å². The number of likely N-dealkylation sites (tertiary alicyclic amines) is 1. The molecule has 7 rings (SSSR count). The molecule has 1 saturated heterocycles. The molecule has 5 aliphatic rings. The Bertz CT molecular complexity index is 3080. The van der Waals surface area contributed by atoms with Gasteiger partial charge in [0, 0.05) is 50.0 Å². The van der Waals surface area contributed by atoms with E-state index in [-0.39, 0.29) is 117 Å². The quantitative estimate of drug-likeness (QED) is 0.0171. The Labute approximate surface area is 973 Å². The first kappa shape index (κ1) is 157. The SMILES string of the molecule is C#CP.CCCCCCCCCCCCCCCC[N+](C)(C)C.CCCCCCCCCCCCCCCC[n+]1ccccc1.CCCCCCCCCCCCN1CCCCCC1=O.CCCCCC[N+](CCCCCC)(CCCCCC)CCCCCC.CCC[N+](C)(C)C.C[C@H](CCC(=O)NCC(=O)[O-])[C@H]1CC[C@H]2[C@@H]3CC[C@@H]4C[C@H](O)CC[C@]4(C)[C@H]3CC[C@]12C.C[N+](C)(C)Cc1ccccc1.[Br-].[Br-].[Br-].[Cl-].[Cl-].[Na+]. The van der Waals surface area contributed by atoms with E-state index in [2.05, 4.69) is 237 Å². The fraction of sp³-hybridized carbons (Fsp3) is 0.873. The second-order valence-corrected chi connectivity index (χ2v) is 48.6. The van der Waals surface area contributed by atoms with Gasteiger partial charge >= 0.3 is 29.6 Å². The number of aromatic nitrogens is 1. The zero-order valence-corrected chi connectivity index (χ0v) is 109. The molecule has 19 heteroatoms. The molecule has 2 N–H and O–H groups in total. The van der Waals surface area contributed by atoms with E-state index in [4.69, 9.17) is 0 Å². The Morgan fingerprint density at radius 2 is 0.821 bits per heavy atom. The van der Waals surface area contributed by atoms with E-state index in [1.54, 1.807) is 0 Å². The van der Waals surface area contributed by atoms with Gasteiger partial charge in [-0.1, -0.05) is 397 Å². The van der Waals surface area contributed by atoms with Crippen LogP contribution in [-0.4, -0.2) is 174 Å². The van der Waals surface area contributed by atoms with Gasteiger partial charge in [-0.25, -0.2) is 4.57 Å². The fourth-order valence-corrected chi connectivity index (χ4v) is 23.9. The summed E-state index contributed by atoms with van der Waals surface area (Å²) in [5, 5.41) is 23.2. The number of nitrogens with one attached hydrogen (secondary N) is 1. The maximum atomic E-state index is 12.0. The van der Waals surface area contributed by atoms with Crippen molar-refractivity contribution < 1.29 is 152 Å². The summed E-state index contributed by atoms with van der Waals surface area (Å²) in [6, 6.07) is 16.9. The number of nitrogens with zero attached hydrogens (tertiary/aromatic N) is 6. The molecule has 1 aromatic heterocycles. The molecule has 854 valence electrons. The normalized spacial score (nSPS) is 18.8. The summed E-state index contributed by atoms with van der Waals surface area (Å²) in [6.07, 6.45) is 104. The van der Waals surface area contributed by atoms with Gasteiger partial charge in [0.2, 0.25) is 11.8 Å². The van der Waals surface area contributed by atoms with Crippen molar-refractivity contribution in [2.75, 3.05) is 122 Å². The van der Waals surface area contributed by atoms with Crippen LogP contribution in [0.15, 0.2) is 60.9 Å². The van der Waals surface area contributed by atoms with Crippen molar-refractivity contribution in [3.8, 4) is 12.1 Å². The molecular weight excluding hydrogens is 2060 g/mol. The zero-order chi connectivity index (χ0) is 103. The van der Waals surface area contributed by atoms with Crippen molar-refractivity contribution in [1.29, 1.82) is 0 Å². The number of benzene rings is 1.